The van der Waals surface area contributed by atoms with Gasteiger partial charge in [0.05, 0.1) is 6.54 Å². The van der Waals surface area contributed by atoms with Crippen molar-refractivity contribution in [1.82, 2.24) is 4.31 Å². The van der Waals surface area contributed by atoms with Crippen molar-refractivity contribution in [1.29, 1.82) is 0 Å². The van der Waals surface area contributed by atoms with E-state index in [-0.39, 0.29) is 0 Å². The topological polar surface area (TPSA) is 20.3 Å². The Morgan fingerprint density at radius 2 is 2.62 bits per heavy atom. The Kier molecular flexibility index (Phi) is 1.81. The van der Waals surface area contributed by atoms with Gasteiger partial charge in [-0.3, -0.25) is 9.10 Å². The molecular weight excluding hydrogens is 146 g/mol. The molecule has 1 aliphatic rings. The summed E-state index contributed by atoms with van der Waals surface area (Å²) in [5, 5.41) is 1.43. The van der Waals surface area contributed by atoms with Crippen LogP contribution in [0.25, 0.3) is 0 Å². The Morgan fingerprint density at radius 1 is 1.88 bits per heavy atom. The number of halogens is 1. The lowest BCUT2D eigenvalue weighted by Crippen LogP contribution is -2.13. The van der Waals surface area contributed by atoms with E-state index in [0.717, 1.165) is 0 Å². The number of carbonyl (C=O) groups is 1. The second-order valence-electron chi connectivity index (χ2n) is 1.29. The third kappa shape index (κ3) is 1.17. The van der Waals surface area contributed by atoms with Gasteiger partial charge in [0.2, 0.25) is 0 Å². The van der Waals surface area contributed by atoms with E-state index in [1.807, 2.05) is 11.5 Å². The molecule has 1 heterocycles. The van der Waals surface area contributed by atoms with E-state index >= 15 is 0 Å². The normalized spacial score (nSPS) is 17.4. The summed E-state index contributed by atoms with van der Waals surface area (Å²) in [6, 6.07) is 0. The third-order valence-corrected chi connectivity index (χ3v) is 1.94. The SMILES string of the molecule is O=C(Cl)N1CC=CS1. The van der Waals surface area contributed by atoms with Crippen LogP contribution in [0.15, 0.2) is 11.5 Å². The summed E-state index contributed by atoms with van der Waals surface area (Å²) < 4.78 is 1.46. The average molecular weight is 150 g/mol. The predicted octanol–water partition coefficient (Wildman–Crippen LogP) is 1.82. The molecule has 0 N–H and O–H groups in total. The third-order valence-electron chi connectivity index (χ3n) is 0.752. The largest absolute Gasteiger partial charge is 0.326 e. The molecule has 0 bridgehead atoms. The fourth-order valence-corrected chi connectivity index (χ4v) is 1.17. The van der Waals surface area contributed by atoms with Crippen molar-refractivity contribution in [3.05, 3.63) is 11.5 Å². The fraction of sp³-hybridized carbons (Fsp3) is 0.250. The van der Waals surface area contributed by atoms with E-state index in [1.54, 1.807) is 0 Å². The molecule has 0 aromatic carbocycles. The van der Waals surface area contributed by atoms with E-state index in [1.165, 1.54) is 16.3 Å². The van der Waals surface area contributed by atoms with Crippen molar-refractivity contribution in [2.45, 2.75) is 0 Å². The minimum Gasteiger partial charge on any atom is -0.265 e. The van der Waals surface area contributed by atoms with Gasteiger partial charge in [0.15, 0.2) is 0 Å². The van der Waals surface area contributed by atoms with Gasteiger partial charge in [0.25, 0.3) is 0 Å². The van der Waals surface area contributed by atoms with Crippen molar-refractivity contribution < 1.29 is 4.79 Å². The predicted molar refractivity (Wildman–Crippen MR) is 34.7 cm³/mol. The van der Waals surface area contributed by atoms with Gasteiger partial charge in [-0.15, -0.1) is 0 Å². The lowest BCUT2D eigenvalue weighted by molar-refractivity contribution is 0.250. The lowest BCUT2D eigenvalue weighted by atomic mass is 10.6. The lowest BCUT2D eigenvalue weighted by Gasteiger charge is -2.06. The molecular formula is C4H4ClNOS. The van der Waals surface area contributed by atoms with Crippen molar-refractivity contribution in [2.24, 2.45) is 0 Å². The van der Waals surface area contributed by atoms with Crippen LogP contribution >= 0.6 is 23.5 Å². The van der Waals surface area contributed by atoms with Gasteiger partial charge in [-0.1, -0.05) is 6.08 Å². The second kappa shape index (κ2) is 2.42. The highest BCUT2D eigenvalue weighted by atomic mass is 35.5. The summed E-state index contributed by atoms with van der Waals surface area (Å²) in [7, 11) is 0. The van der Waals surface area contributed by atoms with Crippen molar-refractivity contribution in [3.63, 3.8) is 0 Å². The van der Waals surface area contributed by atoms with E-state index in [2.05, 4.69) is 0 Å². The van der Waals surface area contributed by atoms with Gasteiger partial charge in [0.1, 0.15) is 0 Å². The number of nitrogens with zero attached hydrogens (tertiary/aromatic N) is 1. The van der Waals surface area contributed by atoms with Crippen LogP contribution in [0.3, 0.4) is 0 Å². The Labute approximate surface area is 56.6 Å². The van der Waals surface area contributed by atoms with Crippen LogP contribution in [0.2, 0.25) is 0 Å². The number of carbonyl (C=O) groups excluding carboxylic acids is 1. The zero-order chi connectivity index (χ0) is 5.98. The number of rotatable bonds is 0. The Morgan fingerprint density at radius 3 is 2.88 bits per heavy atom. The van der Waals surface area contributed by atoms with Crippen LogP contribution in [-0.4, -0.2) is 16.2 Å². The van der Waals surface area contributed by atoms with Crippen molar-refractivity contribution in [2.75, 3.05) is 6.54 Å². The van der Waals surface area contributed by atoms with E-state index in [0.29, 0.717) is 6.54 Å². The summed E-state index contributed by atoms with van der Waals surface area (Å²) in [6.45, 7) is 0.632. The van der Waals surface area contributed by atoms with Crippen LogP contribution in [0.4, 0.5) is 4.79 Å². The fourth-order valence-electron chi connectivity index (χ4n) is 0.412. The molecule has 0 aliphatic carbocycles. The molecule has 4 heteroatoms. The van der Waals surface area contributed by atoms with Gasteiger partial charge in [-0.2, -0.15) is 0 Å². The van der Waals surface area contributed by atoms with Gasteiger partial charge in [-0.25, -0.2) is 0 Å². The number of hydrogen-bond acceptors (Lipinski definition) is 2. The molecule has 0 fully saturated rings. The highest BCUT2D eigenvalue weighted by Gasteiger charge is 2.10. The van der Waals surface area contributed by atoms with Crippen LogP contribution < -0.4 is 0 Å². The standard InChI is InChI=1S/C4H4ClNOS/c5-4(7)6-2-1-3-8-6/h1,3H,2H2. The molecule has 44 valence electrons. The molecule has 0 aromatic heterocycles. The Balaban J connectivity index is 2.41. The van der Waals surface area contributed by atoms with Crippen molar-refractivity contribution >= 4 is 28.9 Å². The maximum Gasteiger partial charge on any atom is 0.326 e. The zero-order valence-corrected chi connectivity index (χ0v) is 5.58. The highest BCUT2D eigenvalue weighted by Crippen LogP contribution is 2.19. The van der Waals surface area contributed by atoms with Gasteiger partial charge >= 0.3 is 5.37 Å². The first kappa shape index (κ1) is 5.98. The highest BCUT2D eigenvalue weighted by molar-refractivity contribution is 8.00. The molecule has 0 saturated carbocycles. The van der Waals surface area contributed by atoms with E-state index < -0.39 is 5.37 Å². The zero-order valence-electron chi connectivity index (χ0n) is 4.00. The van der Waals surface area contributed by atoms with Gasteiger partial charge in [0, 0.05) is 0 Å². The molecule has 1 amide bonds. The first-order valence-electron chi connectivity index (χ1n) is 2.09. The summed E-state index contributed by atoms with van der Waals surface area (Å²) in [5.41, 5.74) is 0. The first-order valence-corrected chi connectivity index (χ1v) is 3.31. The first-order chi connectivity index (χ1) is 3.80. The number of amides is 1. The van der Waals surface area contributed by atoms with Crippen LogP contribution in [0.5, 0.6) is 0 Å². The molecule has 0 spiro atoms. The van der Waals surface area contributed by atoms with E-state index in [9.17, 15) is 4.79 Å². The molecule has 0 saturated heterocycles. The molecule has 2 nitrogen and oxygen atoms in total. The summed E-state index contributed by atoms with van der Waals surface area (Å²) >= 11 is 6.43. The molecule has 0 unspecified atom stereocenters. The Hall–Kier alpha value is -0.150. The number of hydrogen-bond donors (Lipinski definition) is 0. The maximum atomic E-state index is 10.3. The molecule has 1 rings (SSSR count). The second-order valence-corrected chi connectivity index (χ2v) is 2.54. The van der Waals surface area contributed by atoms with Crippen LogP contribution in [0.1, 0.15) is 0 Å². The summed E-state index contributed by atoms with van der Waals surface area (Å²) in [6.07, 6.45) is 1.88. The molecule has 1 aliphatic heterocycles. The van der Waals surface area contributed by atoms with Crippen LogP contribution in [-0.2, 0) is 0 Å². The maximum absolute atomic E-state index is 10.3. The molecule has 8 heavy (non-hydrogen) atoms. The van der Waals surface area contributed by atoms with Crippen molar-refractivity contribution in [3.8, 4) is 0 Å². The summed E-state index contributed by atoms with van der Waals surface area (Å²) in [5.74, 6) is 0. The minimum absolute atomic E-state index is 0.403. The van der Waals surface area contributed by atoms with E-state index in [4.69, 9.17) is 11.6 Å². The monoisotopic (exact) mass is 149 g/mol. The molecule has 0 aromatic rings. The average Bonchev–Trinajstić information content (AvgIpc) is 2.12. The van der Waals surface area contributed by atoms with Gasteiger partial charge < -0.3 is 0 Å². The molecule has 0 atom stereocenters. The molecule has 0 radical (unpaired) electrons. The quantitative estimate of drug-likeness (QED) is 0.298. The van der Waals surface area contributed by atoms with Crippen LogP contribution in [0, 0.1) is 0 Å². The Bertz CT molecular complexity index is 128. The minimum atomic E-state index is -0.403. The van der Waals surface area contributed by atoms with Gasteiger partial charge in [-0.05, 0) is 29.0 Å². The summed E-state index contributed by atoms with van der Waals surface area (Å²) in [4.78, 5) is 10.3. The smallest absolute Gasteiger partial charge is 0.265 e.